The molecular weight excluding hydrogens is 268 g/mol. The summed E-state index contributed by atoms with van der Waals surface area (Å²) in [6.07, 6.45) is 0.904. The Hall–Kier alpha value is -0.670. The van der Waals surface area contributed by atoms with Gasteiger partial charge in [0.15, 0.2) is 0 Å². The largest absolute Gasteiger partial charge is 0.320 e. The lowest BCUT2D eigenvalue weighted by molar-refractivity contribution is -0.120. The van der Waals surface area contributed by atoms with E-state index >= 15 is 0 Å². The van der Waals surface area contributed by atoms with Gasteiger partial charge in [0.1, 0.15) is 9.84 Å². The van der Waals surface area contributed by atoms with Crippen LogP contribution < -0.4 is 10.5 Å². The van der Waals surface area contributed by atoms with Crippen LogP contribution in [-0.2, 0) is 24.7 Å². The van der Waals surface area contributed by atoms with Gasteiger partial charge >= 0.3 is 0 Å². The minimum absolute atomic E-state index is 0.113. The van der Waals surface area contributed by atoms with E-state index in [1.807, 2.05) is 0 Å². The van der Waals surface area contributed by atoms with Crippen molar-refractivity contribution < 1.29 is 21.6 Å². The number of nitrogens with two attached hydrogens (primary N) is 1. The molecule has 0 rings (SSSR count). The van der Waals surface area contributed by atoms with Crippen LogP contribution in [0.4, 0.5) is 0 Å². The summed E-state index contributed by atoms with van der Waals surface area (Å²) in [5.41, 5.74) is 5.39. The molecule has 0 saturated heterocycles. The highest BCUT2D eigenvalue weighted by Crippen LogP contribution is 1.99. The molecule has 0 aromatic carbocycles. The smallest absolute Gasteiger partial charge is 0.250 e. The summed E-state index contributed by atoms with van der Waals surface area (Å²) in [6, 6.07) is -1.15. The van der Waals surface area contributed by atoms with E-state index < -0.39 is 37.1 Å². The van der Waals surface area contributed by atoms with Crippen molar-refractivity contribution in [2.45, 2.75) is 31.6 Å². The molecule has 0 aromatic heterocycles. The molecule has 0 spiro atoms. The summed E-state index contributed by atoms with van der Waals surface area (Å²) in [7, 11) is -6.95. The predicted octanol–water partition coefficient (Wildman–Crippen LogP) is -1.40. The molecule has 0 aliphatic heterocycles. The summed E-state index contributed by atoms with van der Waals surface area (Å²) in [5, 5.41) is -0.756. The first-order valence-corrected chi connectivity index (χ1v) is 8.55. The van der Waals surface area contributed by atoms with E-state index in [0.29, 0.717) is 0 Å². The van der Waals surface area contributed by atoms with Crippen LogP contribution in [0.25, 0.3) is 0 Å². The molecule has 9 heteroatoms. The van der Waals surface area contributed by atoms with Gasteiger partial charge in [0.25, 0.3) is 0 Å². The van der Waals surface area contributed by atoms with Crippen LogP contribution in [0, 0.1) is 0 Å². The highest BCUT2D eigenvalue weighted by molar-refractivity contribution is 7.90. The molecule has 0 saturated carbocycles. The van der Waals surface area contributed by atoms with Crippen molar-refractivity contribution in [3.8, 4) is 0 Å². The zero-order valence-electron chi connectivity index (χ0n) is 10.0. The van der Waals surface area contributed by atoms with E-state index in [1.165, 1.54) is 13.8 Å². The highest BCUT2D eigenvalue weighted by Gasteiger charge is 2.23. The quantitative estimate of drug-likeness (QED) is 0.619. The Morgan fingerprint density at radius 2 is 1.71 bits per heavy atom. The van der Waals surface area contributed by atoms with Crippen LogP contribution in [0.2, 0.25) is 0 Å². The first-order chi connectivity index (χ1) is 7.46. The number of sulfone groups is 1. The van der Waals surface area contributed by atoms with Crippen LogP contribution in [0.5, 0.6) is 0 Å². The molecule has 1 atom stereocenters. The van der Waals surface area contributed by atoms with E-state index in [0.717, 1.165) is 6.26 Å². The standard InChI is InChI=1S/C8H18N2O5S2/c1-6(2)17(14,15)10-8(11)7(9)4-5-16(3,12)13/h6-7H,4-5,9H2,1-3H3,(H,10,11). The molecule has 17 heavy (non-hydrogen) atoms. The molecule has 0 aromatic rings. The highest BCUT2D eigenvalue weighted by atomic mass is 32.2. The maximum Gasteiger partial charge on any atom is 0.250 e. The van der Waals surface area contributed by atoms with Crippen LogP contribution in [0.15, 0.2) is 0 Å². The van der Waals surface area contributed by atoms with Crippen molar-refractivity contribution in [2.24, 2.45) is 5.73 Å². The topological polar surface area (TPSA) is 123 Å². The molecular formula is C8H18N2O5S2. The average molecular weight is 286 g/mol. The summed E-state index contributed by atoms with van der Waals surface area (Å²) in [5.74, 6) is -1.15. The van der Waals surface area contributed by atoms with Gasteiger partial charge in [0.2, 0.25) is 15.9 Å². The van der Waals surface area contributed by atoms with Gasteiger partial charge in [-0.1, -0.05) is 0 Å². The normalized spacial score (nSPS) is 14.6. The summed E-state index contributed by atoms with van der Waals surface area (Å²) < 4.78 is 46.2. The molecule has 0 heterocycles. The number of hydrogen-bond donors (Lipinski definition) is 2. The fraction of sp³-hybridized carbons (Fsp3) is 0.875. The van der Waals surface area contributed by atoms with E-state index in [-0.39, 0.29) is 12.2 Å². The van der Waals surface area contributed by atoms with Crippen molar-refractivity contribution in [1.29, 1.82) is 0 Å². The molecule has 0 radical (unpaired) electrons. The number of carbonyl (C=O) groups is 1. The SMILES string of the molecule is CC(C)S(=O)(=O)NC(=O)C(N)CCS(C)(=O)=O. The molecule has 1 amide bonds. The first-order valence-electron chi connectivity index (χ1n) is 4.94. The van der Waals surface area contributed by atoms with Crippen LogP contribution in [0.3, 0.4) is 0 Å². The Bertz CT molecular complexity index is 466. The van der Waals surface area contributed by atoms with Gasteiger partial charge < -0.3 is 5.73 Å². The molecule has 1 unspecified atom stereocenters. The number of sulfonamides is 1. The van der Waals surface area contributed by atoms with Gasteiger partial charge in [-0.2, -0.15) is 0 Å². The Morgan fingerprint density at radius 1 is 1.24 bits per heavy atom. The van der Waals surface area contributed by atoms with E-state index in [2.05, 4.69) is 0 Å². The minimum Gasteiger partial charge on any atom is -0.320 e. The van der Waals surface area contributed by atoms with Crippen molar-refractivity contribution in [1.82, 2.24) is 4.72 Å². The molecule has 0 fully saturated rings. The fourth-order valence-electron chi connectivity index (χ4n) is 0.806. The third-order valence-electron chi connectivity index (χ3n) is 2.00. The third-order valence-corrected chi connectivity index (χ3v) is 4.70. The summed E-state index contributed by atoms with van der Waals surface area (Å²) >= 11 is 0. The molecule has 0 aliphatic carbocycles. The monoisotopic (exact) mass is 286 g/mol. The second-order valence-electron chi connectivity index (χ2n) is 4.09. The first kappa shape index (κ1) is 16.3. The van der Waals surface area contributed by atoms with Crippen LogP contribution in [0.1, 0.15) is 20.3 Å². The molecule has 0 bridgehead atoms. The second-order valence-corrected chi connectivity index (χ2v) is 8.58. The summed E-state index contributed by atoms with van der Waals surface area (Å²) in [4.78, 5) is 11.4. The molecule has 3 N–H and O–H groups in total. The van der Waals surface area contributed by atoms with Gasteiger partial charge in [-0.3, -0.25) is 9.52 Å². The van der Waals surface area contributed by atoms with E-state index in [4.69, 9.17) is 5.73 Å². The lowest BCUT2D eigenvalue weighted by Gasteiger charge is -2.13. The predicted molar refractivity (Wildman–Crippen MR) is 64.5 cm³/mol. The molecule has 102 valence electrons. The molecule has 7 nitrogen and oxygen atoms in total. The lowest BCUT2D eigenvalue weighted by Crippen LogP contribution is -2.46. The maximum absolute atomic E-state index is 11.4. The van der Waals surface area contributed by atoms with E-state index in [9.17, 15) is 21.6 Å². The number of amides is 1. The zero-order chi connectivity index (χ0) is 13.9. The molecule has 0 aliphatic rings. The lowest BCUT2D eigenvalue weighted by atomic mass is 10.2. The Balaban J connectivity index is 4.44. The second kappa shape index (κ2) is 5.78. The number of nitrogens with one attached hydrogen (secondary N) is 1. The Morgan fingerprint density at radius 3 is 2.06 bits per heavy atom. The third kappa shape index (κ3) is 6.59. The van der Waals surface area contributed by atoms with Crippen molar-refractivity contribution in [3.05, 3.63) is 0 Å². The van der Waals surface area contributed by atoms with Gasteiger partial charge in [-0.15, -0.1) is 0 Å². The van der Waals surface area contributed by atoms with Gasteiger partial charge in [0, 0.05) is 6.26 Å². The van der Waals surface area contributed by atoms with Gasteiger partial charge in [0.05, 0.1) is 17.0 Å². The van der Waals surface area contributed by atoms with Crippen molar-refractivity contribution in [3.63, 3.8) is 0 Å². The number of rotatable bonds is 6. The average Bonchev–Trinajstić information content (AvgIpc) is 2.11. The minimum atomic E-state index is -3.73. The zero-order valence-corrected chi connectivity index (χ0v) is 11.6. The van der Waals surface area contributed by atoms with Crippen molar-refractivity contribution in [2.75, 3.05) is 12.0 Å². The Labute approximate surface area is 102 Å². The van der Waals surface area contributed by atoms with Crippen LogP contribution >= 0.6 is 0 Å². The van der Waals surface area contributed by atoms with Gasteiger partial charge in [-0.25, -0.2) is 16.8 Å². The fourth-order valence-corrected chi connectivity index (χ4v) is 2.16. The van der Waals surface area contributed by atoms with E-state index in [1.54, 1.807) is 4.72 Å². The summed E-state index contributed by atoms with van der Waals surface area (Å²) in [6.45, 7) is 2.83. The maximum atomic E-state index is 11.4. The number of carbonyl (C=O) groups excluding carboxylic acids is 1. The Kier molecular flexibility index (Phi) is 5.56. The number of hydrogen-bond acceptors (Lipinski definition) is 6. The van der Waals surface area contributed by atoms with Gasteiger partial charge in [-0.05, 0) is 20.3 Å². The van der Waals surface area contributed by atoms with Crippen molar-refractivity contribution >= 4 is 25.8 Å². The van der Waals surface area contributed by atoms with Crippen LogP contribution in [-0.4, -0.2) is 46.0 Å².